The molecule has 0 aromatic rings. The summed E-state index contributed by atoms with van der Waals surface area (Å²) in [5.41, 5.74) is -0.356. The summed E-state index contributed by atoms with van der Waals surface area (Å²) in [6.07, 6.45) is 2.55. The molecule has 0 aliphatic rings. The zero-order valence-corrected chi connectivity index (χ0v) is 9.19. The summed E-state index contributed by atoms with van der Waals surface area (Å²) in [5, 5.41) is 11.4. The second kappa shape index (κ2) is 6.62. The number of aliphatic carboxylic acids is 1. The number of carbonyl (C=O) groups is 2. The van der Waals surface area contributed by atoms with Crippen molar-refractivity contribution in [3.05, 3.63) is 12.2 Å². The largest absolute Gasteiger partial charge is 0.478 e. The van der Waals surface area contributed by atoms with Gasteiger partial charge in [0.2, 0.25) is 0 Å². The lowest BCUT2D eigenvalue weighted by Gasteiger charge is -2.13. The van der Waals surface area contributed by atoms with Crippen LogP contribution in [0, 0.1) is 0 Å². The molecule has 0 aliphatic carbocycles. The maximum Gasteiger partial charge on any atom is 0.338 e. The van der Waals surface area contributed by atoms with Gasteiger partial charge in [-0.15, -0.1) is 0 Å². The van der Waals surface area contributed by atoms with Crippen LogP contribution in [-0.2, 0) is 9.59 Å². The number of thioether (sulfide) groups is 1. The first-order chi connectivity index (χ1) is 6.54. The Labute approximate surface area is 87.8 Å². The van der Waals surface area contributed by atoms with E-state index in [9.17, 15) is 9.59 Å². The lowest BCUT2D eigenvalue weighted by molar-refractivity contribution is -0.134. The summed E-state index contributed by atoms with van der Waals surface area (Å²) in [5.74, 6) is -0.877. The summed E-state index contributed by atoms with van der Waals surface area (Å²) in [7, 11) is 1.64. The van der Waals surface area contributed by atoms with Gasteiger partial charge in [-0.2, -0.15) is 11.8 Å². The zero-order chi connectivity index (χ0) is 11.1. The van der Waals surface area contributed by atoms with Gasteiger partial charge in [-0.3, -0.25) is 4.79 Å². The first-order valence-corrected chi connectivity index (χ1v) is 5.56. The van der Waals surface area contributed by atoms with Gasteiger partial charge in [0.25, 0.3) is 0 Å². The lowest BCUT2D eigenvalue weighted by Crippen LogP contribution is -2.36. The number of ketones is 1. The Hall–Kier alpha value is -0.810. The fourth-order valence-electron chi connectivity index (χ4n) is 0.958. The van der Waals surface area contributed by atoms with Crippen LogP contribution in [0.4, 0.5) is 0 Å². The Morgan fingerprint density at radius 3 is 2.50 bits per heavy atom. The van der Waals surface area contributed by atoms with Crippen LogP contribution in [0.3, 0.4) is 0 Å². The number of carbonyl (C=O) groups excluding carboxylic acids is 1. The van der Waals surface area contributed by atoms with Crippen LogP contribution in [0.25, 0.3) is 0 Å². The standard InChI is InChI=1S/C9H15NO3S/c1-6(9(12)13)8(11)7(10-2)4-5-14-3/h7,10H,1,4-5H2,2-3H3,(H,12,13)/t7-/m0/s1. The Balaban J connectivity index is 4.30. The minimum absolute atomic E-state index is 0.356. The zero-order valence-electron chi connectivity index (χ0n) is 8.37. The molecule has 0 heterocycles. The molecule has 2 N–H and O–H groups in total. The Bertz CT molecular complexity index is 240. The molecule has 80 valence electrons. The first kappa shape index (κ1) is 13.2. The van der Waals surface area contributed by atoms with E-state index in [2.05, 4.69) is 11.9 Å². The molecule has 0 aromatic carbocycles. The molecule has 0 unspecified atom stereocenters. The van der Waals surface area contributed by atoms with Gasteiger partial charge >= 0.3 is 5.97 Å². The highest BCUT2D eigenvalue weighted by molar-refractivity contribution is 7.98. The van der Waals surface area contributed by atoms with E-state index in [1.807, 2.05) is 6.26 Å². The summed E-state index contributed by atoms with van der Waals surface area (Å²) in [6, 6.07) is -0.439. The minimum Gasteiger partial charge on any atom is -0.478 e. The van der Waals surface area contributed by atoms with Crippen molar-refractivity contribution < 1.29 is 14.7 Å². The summed E-state index contributed by atoms with van der Waals surface area (Å²) in [6.45, 7) is 3.24. The maximum atomic E-state index is 11.5. The summed E-state index contributed by atoms with van der Waals surface area (Å²) >= 11 is 1.61. The maximum absolute atomic E-state index is 11.5. The van der Waals surface area contributed by atoms with Crippen LogP contribution >= 0.6 is 11.8 Å². The first-order valence-electron chi connectivity index (χ1n) is 4.17. The van der Waals surface area contributed by atoms with Crippen LogP contribution < -0.4 is 5.32 Å². The molecule has 0 saturated heterocycles. The molecular weight excluding hydrogens is 202 g/mol. The average molecular weight is 217 g/mol. The van der Waals surface area contributed by atoms with Crippen molar-refractivity contribution in [1.29, 1.82) is 0 Å². The van der Waals surface area contributed by atoms with E-state index < -0.39 is 17.8 Å². The molecule has 0 amide bonds. The highest BCUT2D eigenvalue weighted by Crippen LogP contribution is 2.06. The molecule has 5 heteroatoms. The van der Waals surface area contributed by atoms with Crippen molar-refractivity contribution in [1.82, 2.24) is 5.32 Å². The quantitative estimate of drug-likeness (QED) is 0.370. The van der Waals surface area contributed by atoms with E-state index in [-0.39, 0.29) is 5.57 Å². The van der Waals surface area contributed by atoms with E-state index in [0.29, 0.717) is 6.42 Å². The van der Waals surface area contributed by atoms with E-state index in [1.165, 1.54) is 0 Å². The summed E-state index contributed by atoms with van der Waals surface area (Å²) in [4.78, 5) is 22.0. The molecule has 0 aliphatic heterocycles. The third-order valence-corrected chi connectivity index (χ3v) is 2.48. The van der Waals surface area contributed by atoms with Crippen molar-refractivity contribution in [3.63, 3.8) is 0 Å². The van der Waals surface area contributed by atoms with E-state index in [1.54, 1.807) is 18.8 Å². The predicted octanol–water partition coefficient (Wildman–Crippen LogP) is 0.537. The number of nitrogens with one attached hydrogen (secondary N) is 1. The molecule has 0 radical (unpaired) electrons. The number of hydrogen-bond acceptors (Lipinski definition) is 4. The molecule has 0 saturated carbocycles. The average Bonchev–Trinajstić information content (AvgIpc) is 2.17. The van der Waals surface area contributed by atoms with Crippen molar-refractivity contribution in [2.75, 3.05) is 19.1 Å². The normalized spacial score (nSPS) is 12.1. The third kappa shape index (κ3) is 3.93. The van der Waals surface area contributed by atoms with Crippen molar-refractivity contribution in [2.24, 2.45) is 0 Å². The number of carboxylic acids is 1. The van der Waals surface area contributed by atoms with Gasteiger partial charge in [-0.05, 0) is 25.5 Å². The van der Waals surface area contributed by atoms with E-state index >= 15 is 0 Å². The second-order valence-corrected chi connectivity index (χ2v) is 3.76. The fourth-order valence-corrected chi connectivity index (χ4v) is 1.43. The lowest BCUT2D eigenvalue weighted by atomic mass is 10.0. The Kier molecular flexibility index (Phi) is 6.23. The van der Waals surface area contributed by atoms with Gasteiger partial charge in [-0.25, -0.2) is 4.79 Å². The van der Waals surface area contributed by atoms with Gasteiger partial charge in [0.15, 0.2) is 5.78 Å². The Morgan fingerprint density at radius 2 is 2.14 bits per heavy atom. The molecule has 0 bridgehead atoms. The Morgan fingerprint density at radius 1 is 1.57 bits per heavy atom. The molecule has 4 nitrogen and oxygen atoms in total. The number of rotatable bonds is 7. The molecular formula is C9H15NO3S. The molecule has 0 fully saturated rings. The van der Waals surface area contributed by atoms with Crippen LogP contribution in [-0.4, -0.2) is 42.0 Å². The van der Waals surface area contributed by atoms with Crippen molar-refractivity contribution in [2.45, 2.75) is 12.5 Å². The van der Waals surface area contributed by atoms with Gasteiger partial charge in [-0.1, -0.05) is 6.58 Å². The van der Waals surface area contributed by atoms with Crippen LogP contribution in [0.15, 0.2) is 12.2 Å². The fraction of sp³-hybridized carbons (Fsp3) is 0.556. The molecule has 14 heavy (non-hydrogen) atoms. The predicted molar refractivity (Wildman–Crippen MR) is 57.6 cm³/mol. The molecule has 0 rings (SSSR count). The van der Waals surface area contributed by atoms with Crippen LogP contribution in [0.5, 0.6) is 0 Å². The van der Waals surface area contributed by atoms with E-state index in [4.69, 9.17) is 5.11 Å². The number of likely N-dealkylation sites (N-methyl/N-ethyl adjacent to an activating group) is 1. The van der Waals surface area contributed by atoms with Gasteiger partial charge in [0.05, 0.1) is 11.6 Å². The molecule has 0 aromatic heterocycles. The van der Waals surface area contributed by atoms with Gasteiger partial charge < -0.3 is 10.4 Å². The minimum atomic E-state index is -1.25. The van der Waals surface area contributed by atoms with Gasteiger partial charge in [0, 0.05) is 0 Å². The number of Topliss-reactive ketones (excluding diaryl/α,β-unsaturated/α-hetero) is 1. The molecule has 1 atom stereocenters. The highest BCUT2D eigenvalue weighted by Gasteiger charge is 2.22. The molecule has 0 spiro atoms. The topological polar surface area (TPSA) is 66.4 Å². The van der Waals surface area contributed by atoms with Crippen LogP contribution in [0.2, 0.25) is 0 Å². The van der Waals surface area contributed by atoms with Crippen LogP contribution in [0.1, 0.15) is 6.42 Å². The number of carboxylic acid groups (broad SMARTS) is 1. The van der Waals surface area contributed by atoms with Crippen molar-refractivity contribution >= 4 is 23.5 Å². The van der Waals surface area contributed by atoms with Gasteiger partial charge in [0.1, 0.15) is 0 Å². The second-order valence-electron chi connectivity index (χ2n) is 2.77. The SMILES string of the molecule is C=C(C(=O)O)C(=O)[C@H](CCSC)NC. The highest BCUT2D eigenvalue weighted by atomic mass is 32.2. The van der Waals surface area contributed by atoms with E-state index in [0.717, 1.165) is 5.75 Å². The van der Waals surface area contributed by atoms with Crippen molar-refractivity contribution in [3.8, 4) is 0 Å². The smallest absolute Gasteiger partial charge is 0.338 e. The third-order valence-electron chi connectivity index (χ3n) is 1.83. The number of hydrogen-bond donors (Lipinski definition) is 2. The summed E-state index contributed by atoms with van der Waals surface area (Å²) < 4.78 is 0. The monoisotopic (exact) mass is 217 g/mol.